The van der Waals surface area contributed by atoms with E-state index in [4.69, 9.17) is 0 Å². The first-order valence-corrected chi connectivity index (χ1v) is 3.15. The van der Waals surface area contributed by atoms with Gasteiger partial charge in [-0.25, -0.2) is 9.66 Å². The summed E-state index contributed by atoms with van der Waals surface area (Å²) in [6.45, 7) is 3.08. The number of aryl methyl sites for hydroxylation is 1. The Morgan fingerprint density at radius 2 is 2.67 bits per heavy atom. The zero-order chi connectivity index (χ0) is 6.27. The number of hydrogen-bond acceptors (Lipinski definition) is 2. The number of imidazole rings is 1. The van der Waals surface area contributed by atoms with Crippen LogP contribution in [0, 0.1) is 6.92 Å². The van der Waals surface area contributed by atoms with Crippen LogP contribution in [0.25, 0.3) is 0 Å². The second kappa shape index (κ2) is 1.50. The summed E-state index contributed by atoms with van der Waals surface area (Å²) in [6, 6.07) is 0. The molecule has 9 heavy (non-hydrogen) atoms. The lowest BCUT2D eigenvalue weighted by Crippen LogP contribution is -2.08. The molecule has 0 saturated carbocycles. The molecule has 1 aromatic heterocycles. The van der Waals surface area contributed by atoms with Crippen LogP contribution in [0.15, 0.2) is 6.20 Å². The molecule has 1 aliphatic heterocycles. The first kappa shape index (κ1) is 4.85. The Labute approximate surface area is 53.7 Å². The Hall–Kier alpha value is -0.990. The van der Waals surface area contributed by atoms with E-state index in [9.17, 15) is 0 Å². The largest absolute Gasteiger partial charge is 0.324 e. The van der Waals surface area contributed by atoms with E-state index in [2.05, 4.69) is 17.3 Å². The normalized spacial score (nSPS) is 15.2. The molecule has 1 N–H and O–H groups in total. The summed E-state index contributed by atoms with van der Waals surface area (Å²) in [5.41, 5.74) is 4.40. The fourth-order valence-electron chi connectivity index (χ4n) is 1.16. The van der Waals surface area contributed by atoms with Crippen LogP contribution in [0.4, 0.5) is 0 Å². The quantitative estimate of drug-likeness (QED) is 0.537. The van der Waals surface area contributed by atoms with Crippen LogP contribution in [0.3, 0.4) is 0 Å². The Bertz CT molecular complexity index is 226. The highest BCUT2D eigenvalue weighted by atomic mass is 15.5. The SMILES string of the molecule is Cc1cnc2n1NCC2. The minimum absolute atomic E-state index is 1.03. The van der Waals surface area contributed by atoms with Crippen LogP contribution in [0.1, 0.15) is 11.5 Å². The van der Waals surface area contributed by atoms with E-state index in [0.29, 0.717) is 0 Å². The molecule has 0 bridgehead atoms. The highest BCUT2D eigenvalue weighted by Gasteiger charge is 2.10. The Morgan fingerprint density at radius 1 is 1.78 bits per heavy atom. The fourth-order valence-corrected chi connectivity index (χ4v) is 1.16. The summed E-state index contributed by atoms with van der Waals surface area (Å²) >= 11 is 0. The predicted molar refractivity (Wildman–Crippen MR) is 34.9 cm³/mol. The molecule has 3 nitrogen and oxygen atoms in total. The third-order valence-electron chi connectivity index (χ3n) is 1.63. The highest BCUT2D eigenvalue weighted by molar-refractivity contribution is 5.10. The summed E-state index contributed by atoms with van der Waals surface area (Å²) < 4.78 is 2.04. The average molecular weight is 123 g/mol. The predicted octanol–water partition coefficient (Wildman–Crippen LogP) is 0.291. The molecular formula is C6H9N3. The molecule has 1 aromatic rings. The van der Waals surface area contributed by atoms with Crippen LogP contribution in [-0.4, -0.2) is 16.2 Å². The number of fused-ring (bicyclic) bond motifs is 1. The summed E-state index contributed by atoms with van der Waals surface area (Å²) in [5, 5.41) is 0. The lowest BCUT2D eigenvalue weighted by Gasteiger charge is -1.98. The molecule has 2 rings (SSSR count). The maximum absolute atomic E-state index is 4.20. The molecule has 0 aliphatic carbocycles. The molecule has 48 valence electrons. The van der Waals surface area contributed by atoms with E-state index >= 15 is 0 Å². The van der Waals surface area contributed by atoms with Gasteiger partial charge in [0.2, 0.25) is 0 Å². The minimum Gasteiger partial charge on any atom is -0.324 e. The second-order valence-electron chi connectivity index (χ2n) is 2.31. The van der Waals surface area contributed by atoms with Crippen molar-refractivity contribution in [3.8, 4) is 0 Å². The summed E-state index contributed by atoms with van der Waals surface area (Å²) in [6.07, 6.45) is 2.95. The average Bonchev–Trinajstić information content (AvgIpc) is 2.35. The van der Waals surface area contributed by atoms with Crippen molar-refractivity contribution in [1.82, 2.24) is 9.66 Å². The molecule has 0 atom stereocenters. The third-order valence-corrected chi connectivity index (χ3v) is 1.63. The molecule has 0 fully saturated rings. The smallest absolute Gasteiger partial charge is 0.129 e. The van der Waals surface area contributed by atoms with Gasteiger partial charge in [-0.05, 0) is 6.92 Å². The van der Waals surface area contributed by atoms with Crippen LogP contribution in [-0.2, 0) is 6.42 Å². The fraction of sp³-hybridized carbons (Fsp3) is 0.500. The van der Waals surface area contributed by atoms with Gasteiger partial charge in [0.25, 0.3) is 0 Å². The van der Waals surface area contributed by atoms with Crippen molar-refractivity contribution in [2.24, 2.45) is 0 Å². The lowest BCUT2D eigenvalue weighted by atomic mass is 10.4. The molecule has 0 saturated heterocycles. The molecule has 2 heterocycles. The van der Waals surface area contributed by atoms with Crippen molar-refractivity contribution in [3.05, 3.63) is 17.7 Å². The number of nitrogens with one attached hydrogen (secondary N) is 1. The van der Waals surface area contributed by atoms with Crippen LogP contribution in [0.2, 0.25) is 0 Å². The van der Waals surface area contributed by atoms with Gasteiger partial charge < -0.3 is 5.43 Å². The zero-order valence-corrected chi connectivity index (χ0v) is 5.39. The molecular weight excluding hydrogens is 114 g/mol. The molecule has 1 aliphatic rings. The Balaban J connectivity index is 2.56. The number of aromatic nitrogens is 2. The standard InChI is InChI=1S/C6H9N3/c1-5-4-7-6-2-3-8-9(5)6/h4,8H,2-3H2,1H3. The van der Waals surface area contributed by atoms with E-state index in [-0.39, 0.29) is 0 Å². The lowest BCUT2D eigenvalue weighted by molar-refractivity contribution is 0.896. The Morgan fingerprint density at radius 3 is 3.44 bits per heavy atom. The van der Waals surface area contributed by atoms with E-state index in [1.165, 1.54) is 5.69 Å². The number of hydrogen-bond donors (Lipinski definition) is 1. The minimum atomic E-state index is 1.03. The van der Waals surface area contributed by atoms with E-state index in [1.807, 2.05) is 10.9 Å². The Kier molecular flexibility index (Phi) is 0.806. The topological polar surface area (TPSA) is 29.9 Å². The first-order valence-electron chi connectivity index (χ1n) is 3.15. The van der Waals surface area contributed by atoms with Crippen molar-refractivity contribution < 1.29 is 0 Å². The highest BCUT2D eigenvalue weighted by Crippen LogP contribution is 2.06. The molecule has 0 unspecified atom stereocenters. The molecule has 0 amide bonds. The van der Waals surface area contributed by atoms with Gasteiger partial charge in [0, 0.05) is 13.0 Å². The van der Waals surface area contributed by atoms with E-state index in [1.54, 1.807) is 0 Å². The van der Waals surface area contributed by atoms with Crippen LogP contribution in [0.5, 0.6) is 0 Å². The van der Waals surface area contributed by atoms with Gasteiger partial charge >= 0.3 is 0 Å². The maximum atomic E-state index is 4.20. The molecule has 0 aromatic carbocycles. The van der Waals surface area contributed by atoms with Gasteiger partial charge in [-0.2, -0.15) is 0 Å². The molecule has 0 radical (unpaired) electrons. The van der Waals surface area contributed by atoms with Crippen molar-refractivity contribution >= 4 is 0 Å². The van der Waals surface area contributed by atoms with Crippen molar-refractivity contribution in [2.75, 3.05) is 12.0 Å². The van der Waals surface area contributed by atoms with E-state index < -0.39 is 0 Å². The van der Waals surface area contributed by atoms with E-state index in [0.717, 1.165) is 18.8 Å². The second-order valence-corrected chi connectivity index (χ2v) is 2.31. The molecule has 0 spiro atoms. The summed E-state index contributed by atoms with van der Waals surface area (Å²) in [5.74, 6) is 1.16. The summed E-state index contributed by atoms with van der Waals surface area (Å²) in [7, 11) is 0. The van der Waals surface area contributed by atoms with Gasteiger partial charge in [-0.15, -0.1) is 0 Å². The zero-order valence-electron chi connectivity index (χ0n) is 5.39. The monoisotopic (exact) mass is 123 g/mol. The van der Waals surface area contributed by atoms with Crippen LogP contribution < -0.4 is 5.43 Å². The summed E-state index contributed by atoms with van der Waals surface area (Å²) in [4.78, 5) is 4.20. The van der Waals surface area contributed by atoms with Crippen molar-refractivity contribution in [2.45, 2.75) is 13.3 Å². The number of nitrogens with zero attached hydrogens (tertiary/aromatic N) is 2. The van der Waals surface area contributed by atoms with Gasteiger partial charge in [0.1, 0.15) is 5.82 Å². The maximum Gasteiger partial charge on any atom is 0.129 e. The van der Waals surface area contributed by atoms with Crippen molar-refractivity contribution in [3.63, 3.8) is 0 Å². The molecule has 3 heteroatoms. The van der Waals surface area contributed by atoms with Crippen LogP contribution >= 0.6 is 0 Å². The number of rotatable bonds is 0. The first-order chi connectivity index (χ1) is 4.38. The third kappa shape index (κ3) is 0.542. The van der Waals surface area contributed by atoms with Gasteiger partial charge in [0.15, 0.2) is 0 Å². The van der Waals surface area contributed by atoms with Crippen molar-refractivity contribution in [1.29, 1.82) is 0 Å². The van der Waals surface area contributed by atoms with Gasteiger partial charge in [-0.1, -0.05) is 0 Å². The van der Waals surface area contributed by atoms with Gasteiger partial charge in [-0.3, -0.25) is 0 Å². The van der Waals surface area contributed by atoms with Gasteiger partial charge in [0.05, 0.1) is 11.9 Å².